The average Bonchev–Trinajstić information content (AvgIpc) is 3.35. The standard InChI is InChI=1S/C63H100O6/c1-4-7-10-13-16-19-22-25-28-30-31-33-36-39-42-45-48-51-54-57-63(66)69-60(58-67-61(64)55-52-49-46-43-40-37-34-27-24-21-18-15-12-9-6-3)59-68-62(65)56-53-50-47-44-41-38-35-32-29-26-23-20-17-14-11-8-5-2/h9,12,16,18-19,21,25-29,31,33-35,38-39,42,44,47-48,51,60H,4-8,10-11,13-15,17,20,22-24,30,32,36-37,40-41,43,45-46,49-50,52-59H2,1-3H3/b12-9-,19-16-,21-18-,28-25-,29-26-,33-31-,34-27-,38-35-,42-39-,47-44-,51-48-/t60-/m1/s1. The van der Waals surface area contributed by atoms with E-state index in [9.17, 15) is 14.4 Å². The van der Waals surface area contributed by atoms with Crippen LogP contribution in [0.4, 0.5) is 0 Å². The number of ether oxygens (including phenoxy) is 3. The summed E-state index contributed by atoms with van der Waals surface area (Å²) in [6, 6.07) is 0. The lowest BCUT2D eigenvalue weighted by Gasteiger charge is -2.18. The van der Waals surface area contributed by atoms with Crippen LogP contribution < -0.4 is 0 Å². The lowest BCUT2D eigenvalue weighted by molar-refractivity contribution is -0.166. The molecule has 0 unspecified atom stereocenters. The van der Waals surface area contributed by atoms with Crippen LogP contribution in [-0.2, 0) is 28.6 Å². The normalized spacial score (nSPS) is 13.1. The van der Waals surface area contributed by atoms with Crippen LogP contribution in [0.1, 0.15) is 226 Å². The first-order valence-corrected chi connectivity index (χ1v) is 27.7. The van der Waals surface area contributed by atoms with Crippen LogP contribution in [0.15, 0.2) is 134 Å². The molecule has 0 rings (SSSR count). The summed E-state index contributed by atoms with van der Waals surface area (Å²) in [5.74, 6) is -1.10. The lowest BCUT2D eigenvalue weighted by atomic mass is 10.1. The van der Waals surface area contributed by atoms with Gasteiger partial charge in [-0.05, 0) is 122 Å². The van der Waals surface area contributed by atoms with Crippen molar-refractivity contribution in [2.75, 3.05) is 13.2 Å². The van der Waals surface area contributed by atoms with Gasteiger partial charge in [0, 0.05) is 19.3 Å². The van der Waals surface area contributed by atoms with Crippen LogP contribution >= 0.6 is 0 Å². The van der Waals surface area contributed by atoms with Crippen LogP contribution in [0, 0.1) is 0 Å². The quantitative estimate of drug-likeness (QED) is 0.0262. The molecule has 0 amide bonds. The van der Waals surface area contributed by atoms with Crippen molar-refractivity contribution in [2.45, 2.75) is 232 Å². The van der Waals surface area contributed by atoms with Gasteiger partial charge in [-0.25, -0.2) is 0 Å². The molecule has 0 radical (unpaired) electrons. The summed E-state index contributed by atoms with van der Waals surface area (Å²) in [5.41, 5.74) is 0. The molecule has 0 saturated carbocycles. The zero-order valence-electron chi connectivity index (χ0n) is 44.3. The molecular weight excluding hydrogens is 853 g/mol. The Morgan fingerprint density at radius 2 is 0.609 bits per heavy atom. The number of allylic oxidation sites excluding steroid dienone is 22. The fourth-order valence-electron chi connectivity index (χ4n) is 6.98. The Bertz CT molecular complexity index is 1510. The Kier molecular flexibility index (Phi) is 52.5. The van der Waals surface area contributed by atoms with Gasteiger partial charge < -0.3 is 14.2 Å². The Morgan fingerprint density at radius 3 is 1.03 bits per heavy atom. The van der Waals surface area contributed by atoms with Gasteiger partial charge in [-0.3, -0.25) is 14.4 Å². The molecule has 0 fully saturated rings. The topological polar surface area (TPSA) is 78.9 Å². The maximum Gasteiger partial charge on any atom is 0.306 e. The van der Waals surface area contributed by atoms with Gasteiger partial charge in [0.15, 0.2) is 6.10 Å². The number of unbranched alkanes of at least 4 members (excludes halogenated alkanes) is 15. The molecule has 0 saturated heterocycles. The molecule has 0 aliphatic carbocycles. The summed E-state index contributed by atoms with van der Waals surface area (Å²) in [6.07, 6.45) is 78.8. The van der Waals surface area contributed by atoms with E-state index in [0.717, 1.165) is 103 Å². The van der Waals surface area contributed by atoms with Gasteiger partial charge in [0.05, 0.1) is 0 Å². The molecular formula is C63H100O6. The molecule has 0 N–H and O–H groups in total. The molecule has 0 spiro atoms. The predicted octanol–water partition coefficient (Wildman–Crippen LogP) is 18.6. The summed E-state index contributed by atoms with van der Waals surface area (Å²) in [5, 5.41) is 0. The minimum absolute atomic E-state index is 0.137. The maximum atomic E-state index is 12.8. The largest absolute Gasteiger partial charge is 0.462 e. The summed E-state index contributed by atoms with van der Waals surface area (Å²) >= 11 is 0. The zero-order valence-corrected chi connectivity index (χ0v) is 44.3. The molecule has 0 aromatic heterocycles. The van der Waals surface area contributed by atoms with Gasteiger partial charge in [-0.2, -0.15) is 0 Å². The first-order valence-electron chi connectivity index (χ1n) is 27.7. The first kappa shape index (κ1) is 64.5. The molecule has 1 atom stereocenters. The fourth-order valence-corrected chi connectivity index (χ4v) is 6.98. The maximum absolute atomic E-state index is 12.8. The van der Waals surface area contributed by atoms with Gasteiger partial charge >= 0.3 is 17.9 Å². The summed E-state index contributed by atoms with van der Waals surface area (Å²) in [6.45, 7) is 6.36. The molecule has 388 valence electrons. The third-order valence-electron chi connectivity index (χ3n) is 11.1. The van der Waals surface area contributed by atoms with Gasteiger partial charge in [0.1, 0.15) is 13.2 Å². The Morgan fingerprint density at radius 1 is 0.304 bits per heavy atom. The average molecular weight is 953 g/mol. The SMILES string of the molecule is CC/C=C\C/C=C\C/C=C\CCCCCCCC(=O)OC[C@H](COC(=O)CCC/C=C\C/C=C\C/C=C\CCCCCCCC)OC(=O)CC/C=C\C/C=C\C/C=C\C/C=C\C/C=C\CCCCC. The van der Waals surface area contributed by atoms with E-state index in [1.165, 1.54) is 70.6 Å². The molecule has 0 aliphatic rings. The van der Waals surface area contributed by atoms with Crippen LogP contribution in [-0.4, -0.2) is 37.2 Å². The van der Waals surface area contributed by atoms with E-state index in [1.807, 2.05) is 12.2 Å². The zero-order chi connectivity index (χ0) is 50.0. The highest BCUT2D eigenvalue weighted by atomic mass is 16.6. The highest BCUT2D eigenvalue weighted by Gasteiger charge is 2.19. The number of carbonyl (C=O) groups excluding carboxylic acids is 3. The number of carbonyl (C=O) groups is 3. The third-order valence-corrected chi connectivity index (χ3v) is 11.1. The van der Waals surface area contributed by atoms with E-state index in [2.05, 4.69) is 142 Å². The summed E-state index contributed by atoms with van der Waals surface area (Å²) in [7, 11) is 0. The Hall–Kier alpha value is -4.45. The molecule has 6 nitrogen and oxygen atoms in total. The van der Waals surface area contributed by atoms with Crippen LogP contribution in [0.2, 0.25) is 0 Å². The van der Waals surface area contributed by atoms with E-state index < -0.39 is 12.1 Å². The van der Waals surface area contributed by atoms with Gasteiger partial charge in [-0.1, -0.05) is 219 Å². The predicted molar refractivity (Wildman–Crippen MR) is 297 cm³/mol. The lowest BCUT2D eigenvalue weighted by Crippen LogP contribution is -2.30. The minimum atomic E-state index is -0.850. The highest BCUT2D eigenvalue weighted by Crippen LogP contribution is 2.11. The van der Waals surface area contributed by atoms with E-state index >= 15 is 0 Å². The number of rotatable bonds is 48. The van der Waals surface area contributed by atoms with Crippen molar-refractivity contribution in [3.63, 3.8) is 0 Å². The van der Waals surface area contributed by atoms with Crippen molar-refractivity contribution in [1.82, 2.24) is 0 Å². The minimum Gasteiger partial charge on any atom is -0.462 e. The van der Waals surface area contributed by atoms with E-state index in [0.29, 0.717) is 19.3 Å². The number of esters is 3. The second-order valence-electron chi connectivity index (χ2n) is 17.7. The van der Waals surface area contributed by atoms with Crippen molar-refractivity contribution in [3.05, 3.63) is 134 Å². The van der Waals surface area contributed by atoms with E-state index in [4.69, 9.17) is 14.2 Å². The molecule has 69 heavy (non-hydrogen) atoms. The number of hydrogen-bond donors (Lipinski definition) is 0. The van der Waals surface area contributed by atoms with Crippen molar-refractivity contribution < 1.29 is 28.6 Å². The fraction of sp³-hybridized carbons (Fsp3) is 0.603. The van der Waals surface area contributed by atoms with Crippen LogP contribution in [0.5, 0.6) is 0 Å². The second-order valence-corrected chi connectivity index (χ2v) is 17.7. The van der Waals surface area contributed by atoms with Gasteiger partial charge in [0.25, 0.3) is 0 Å². The summed E-state index contributed by atoms with van der Waals surface area (Å²) < 4.78 is 16.7. The molecule has 0 aromatic carbocycles. The second kappa shape index (κ2) is 56.1. The van der Waals surface area contributed by atoms with E-state index in [-0.39, 0.29) is 38.0 Å². The van der Waals surface area contributed by atoms with Crippen LogP contribution in [0.3, 0.4) is 0 Å². The smallest absolute Gasteiger partial charge is 0.306 e. The highest BCUT2D eigenvalue weighted by molar-refractivity contribution is 5.71. The van der Waals surface area contributed by atoms with E-state index in [1.54, 1.807) is 0 Å². The monoisotopic (exact) mass is 953 g/mol. The van der Waals surface area contributed by atoms with Gasteiger partial charge in [-0.15, -0.1) is 0 Å². The Labute approximate surface area is 424 Å². The van der Waals surface area contributed by atoms with Crippen LogP contribution in [0.25, 0.3) is 0 Å². The van der Waals surface area contributed by atoms with Crippen molar-refractivity contribution >= 4 is 17.9 Å². The first-order chi connectivity index (χ1) is 34.0. The molecule has 0 heterocycles. The molecule has 0 bridgehead atoms. The summed E-state index contributed by atoms with van der Waals surface area (Å²) in [4.78, 5) is 38.0. The Balaban J connectivity index is 4.63. The van der Waals surface area contributed by atoms with Crippen molar-refractivity contribution in [3.8, 4) is 0 Å². The molecule has 0 aliphatic heterocycles. The van der Waals surface area contributed by atoms with Crippen molar-refractivity contribution in [1.29, 1.82) is 0 Å². The van der Waals surface area contributed by atoms with Gasteiger partial charge in [0.2, 0.25) is 0 Å². The molecule has 0 aromatic rings. The van der Waals surface area contributed by atoms with Crippen molar-refractivity contribution in [2.24, 2.45) is 0 Å². The number of hydrogen-bond acceptors (Lipinski definition) is 6. The third kappa shape index (κ3) is 54.4. The molecule has 6 heteroatoms.